The predicted molar refractivity (Wildman–Crippen MR) is 76.8 cm³/mol. The first-order valence-corrected chi connectivity index (χ1v) is 6.35. The van der Waals surface area contributed by atoms with Crippen LogP contribution in [0.4, 0.5) is 0 Å². The average molecular weight is 288 g/mol. The number of H-pyrrole nitrogens is 1. The highest BCUT2D eigenvalue weighted by Crippen LogP contribution is 2.11. The van der Waals surface area contributed by atoms with Crippen molar-refractivity contribution in [3.05, 3.63) is 17.7 Å². The summed E-state index contributed by atoms with van der Waals surface area (Å²) in [5.41, 5.74) is 2.21. The number of nitriles is 1. The molecule has 0 spiro atoms. The third-order valence-corrected chi connectivity index (χ3v) is 3.08. The smallest absolute Gasteiger partial charge is 0.204 e. The van der Waals surface area contributed by atoms with Gasteiger partial charge in [-0.15, -0.1) is 0 Å². The van der Waals surface area contributed by atoms with Crippen molar-refractivity contribution in [3.8, 4) is 6.19 Å². The van der Waals surface area contributed by atoms with Crippen LogP contribution in [0.3, 0.4) is 0 Å². The van der Waals surface area contributed by atoms with Crippen molar-refractivity contribution in [2.75, 3.05) is 19.3 Å². The number of thioether (sulfide) groups is 1. The van der Waals surface area contributed by atoms with Crippen LogP contribution in [0.25, 0.3) is 0 Å². The summed E-state index contributed by atoms with van der Waals surface area (Å²) in [7, 11) is 1.63. The molecule has 8 nitrogen and oxygen atoms in total. The molecule has 0 fully saturated rings. The van der Waals surface area contributed by atoms with Gasteiger partial charge in [-0.25, -0.2) is 4.98 Å². The Bertz CT molecular complexity index is 414. The molecule has 1 heterocycles. The second-order valence-corrected chi connectivity index (χ2v) is 4.37. The number of rotatable bonds is 5. The minimum Gasteiger partial charge on any atom is -0.412 e. The Hall–Kier alpha value is -1.76. The number of nitrogens with one attached hydrogen (secondary N) is 3. The van der Waals surface area contributed by atoms with Crippen molar-refractivity contribution in [2.24, 2.45) is 4.99 Å². The van der Waals surface area contributed by atoms with E-state index in [1.807, 2.05) is 13.1 Å². The van der Waals surface area contributed by atoms with Gasteiger partial charge in [0.25, 0.3) is 0 Å². The fourth-order valence-corrected chi connectivity index (χ4v) is 2.05. The van der Waals surface area contributed by atoms with Crippen LogP contribution < -0.4 is 10.6 Å². The fourth-order valence-electron chi connectivity index (χ4n) is 1.18. The second kappa shape index (κ2) is 11.3. The lowest BCUT2D eigenvalue weighted by molar-refractivity contribution is 0.823. The zero-order valence-electron chi connectivity index (χ0n) is 10.9. The van der Waals surface area contributed by atoms with Gasteiger partial charge in [0.05, 0.1) is 12.0 Å². The van der Waals surface area contributed by atoms with Gasteiger partial charge in [-0.05, 0) is 6.92 Å². The molecule has 0 saturated carbocycles. The van der Waals surface area contributed by atoms with Crippen LogP contribution in [0.15, 0.2) is 11.3 Å². The molecule has 0 radical (unpaired) electrons. The van der Waals surface area contributed by atoms with Crippen molar-refractivity contribution < 1.29 is 11.0 Å². The molecule has 108 valence electrons. The van der Waals surface area contributed by atoms with Crippen molar-refractivity contribution in [3.63, 3.8) is 0 Å². The second-order valence-electron chi connectivity index (χ2n) is 3.26. The maximum absolute atomic E-state index is 8.43. The number of aromatic nitrogens is 2. The molecular formula is C10H20N6O2S. The van der Waals surface area contributed by atoms with Crippen LogP contribution in [-0.2, 0) is 5.75 Å². The normalized spacial score (nSPS) is 9.84. The van der Waals surface area contributed by atoms with Gasteiger partial charge in [-0.2, -0.15) is 17.0 Å². The zero-order chi connectivity index (χ0) is 12.5. The van der Waals surface area contributed by atoms with Crippen molar-refractivity contribution in [1.29, 1.82) is 5.26 Å². The van der Waals surface area contributed by atoms with Crippen molar-refractivity contribution >= 4 is 17.7 Å². The molecular weight excluding hydrogens is 268 g/mol. The van der Waals surface area contributed by atoms with Crippen molar-refractivity contribution in [1.82, 2.24) is 20.6 Å². The van der Waals surface area contributed by atoms with E-state index < -0.39 is 0 Å². The number of nitrogens with zero attached hydrogens (tertiary/aromatic N) is 3. The SMILES string of the molecule is C/N=C(\NC#N)NCCSCc1nc[nH]c1C.O.O. The lowest BCUT2D eigenvalue weighted by Gasteiger charge is -2.06. The third-order valence-electron chi connectivity index (χ3n) is 2.11. The number of guanidine groups is 1. The summed E-state index contributed by atoms with van der Waals surface area (Å²) in [5, 5.41) is 13.9. The van der Waals surface area contributed by atoms with E-state index in [1.165, 1.54) is 0 Å². The lowest BCUT2D eigenvalue weighted by atomic mass is 10.4. The molecule has 9 heteroatoms. The number of imidazole rings is 1. The summed E-state index contributed by atoms with van der Waals surface area (Å²) in [6, 6.07) is 0. The molecule has 0 aliphatic carbocycles. The summed E-state index contributed by atoms with van der Waals surface area (Å²) in [4.78, 5) is 11.2. The first-order valence-electron chi connectivity index (χ1n) is 5.20. The van der Waals surface area contributed by atoms with Crippen molar-refractivity contribution in [2.45, 2.75) is 12.7 Å². The van der Waals surface area contributed by atoms with Gasteiger partial charge >= 0.3 is 0 Å². The lowest BCUT2D eigenvalue weighted by Crippen LogP contribution is -2.35. The fraction of sp³-hybridized carbons (Fsp3) is 0.500. The van der Waals surface area contributed by atoms with Gasteiger partial charge < -0.3 is 21.3 Å². The monoisotopic (exact) mass is 288 g/mol. The molecule has 0 atom stereocenters. The Morgan fingerprint density at radius 3 is 2.84 bits per heavy atom. The molecule has 1 aromatic rings. The summed E-state index contributed by atoms with van der Waals surface area (Å²) >= 11 is 1.79. The summed E-state index contributed by atoms with van der Waals surface area (Å²) < 4.78 is 0. The highest BCUT2D eigenvalue weighted by atomic mass is 32.2. The largest absolute Gasteiger partial charge is 0.412 e. The van der Waals surface area contributed by atoms with Crippen LogP contribution in [0.5, 0.6) is 0 Å². The molecule has 1 rings (SSSR count). The van der Waals surface area contributed by atoms with E-state index in [9.17, 15) is 0 Å². The van der Waals surface area contributed by atoms with Crippen LogP contribution in [-0.4, -0.2) is 46.2 Å². The summed E-state index contributed by atoms with van der Waals surface area (Å²) in [5.74, 6) is 2.32. The van der Waals surface area contributed by atoms with E-state index >= 15 is 0 Å². The zero-order valence-corrected chi connectivity index (χ0v) is 11.8. The van der Waals surface area contributed by atoms with E-state index in [0.29, 0.717) is 5.96 Å². The van der Waals surface area contributed by atoms with Crippen LogP contribution in [0, 0.1) is 18.4 Å². The number of hydrogen-bond donors (Lipinski definition) is 3. The summed E-state index contributed by atoms with van der Waals surface area (Å²) in [6.45, 7) is 2.77. The number of aryl methyl sites for hydroxylation is 1. The van der Waals surface area contributed by atoms with Gasteiger partial charge in [-0.1, -0.05) is 0 Å². The van der Waals surface area contributed by atoms with Crippen LogP contribution in [0.1, 0.15) is 11.4 Å². The van der Waals surface area contributed by atoms with Gasteiger partial charge in [0.2, 0.25) is 5.96 Å². The molecule has 0 bridgehead atoms. The Morgan fingerprint density at radius 2 is 2.32 bits per heavy atom. The Morgan fingerprint density at radius 1 is 1.58 bits per heavy atom. The van der Waals surface area contributed by atoms with E-state index in [-0.39, 0.29) is 11.0 Å². The molecule has 7 N–H and O–H groups in total. The van der Waals surface area contributed by atoms with E-state index in [4.69, 9.17) is 5.26 Å². The first-order chi connectivity index (χ1) is 8.27. The minimum atomic E-state index is 0. The van der Waals surface area contributed by atoms with E-state index in [0.717, 1.165) is 29.4 Å². The van der Waals surface area contributed by atoms with Gasteiger partial charge in [0.15, 0.2) is 6.19 Å². The first kappa shape index (κ1) is 19.6. The maximum Gasteiger partial charge on any atom is 0.204 e. The van der Waals surface area contributed by atoms with Crippen LogP contribution in [0.2, 0.25) is 0 Å². The molecule has 0 aliphatic rings. The highest BCUT2D eigenvalue weighted by molar-refractivity contribution is 7.98. The molecule has 1 aromatic heterocycles. The Labute approximate surface area is 116 Å². The summed E-state index contributed by atoms with van der Waals surface area (Å²) in [6.07, 6.45) is 3.54. The molecule has 19 heavy (non-hydrogen) atoms. The number of hydrogen-bond acceptors (Lipinski definition) is 4. The number of aliphatic imine (C=N–C) groups is 1. The predicted octanol–water partition coefficient (Wildman–Crippen LogP) is -1.05. The Balaban J connectivity index is 0. The molecule has 0 amide bonds. The highest BCUT2D eigenvalue weighted by Gasteiger charge is 2.00. The molecule has 0 saturated heterocycles. The molecule has 0 aromatic carbocycles. The van der Waals surface area contributed by atoms with Gasteiger partial charge in [0.1, 0.15) is 0 Å². The van der Waals surface area contributed by atoms with Gasteiger partial charge in [-0.3, -0.25) is 10.3 Å². The van der Waals surface area contributed by atoms with E-state index in [1.54, 1.807) is 25.1 Å². The maximum atomic E-state index is 8.43. The number of aromatic amines is 1. The van der Waals surface area contributed by atoms with Gasteiger partial charge in [0, 0.05) is 30.8 Å². The standard InChI is InChI=1S/C10H16N6S.2H2O/c1-8-9(16-7-15-8)5-17-4-3-13-10(12-2)14-6-11;;/h7H,3-5H2,1-2H3,(H,15,16)(H2,12,13,14);2*1H2. The Kier molecular flexibility index (Phi) is 11.7. The third kappa shape index (κ3) is 7.30. The van der Waals surface area contributed by atoms with E-state index in [2.05, 4.69) is 25.6 Å². The quantitative estimate of drug-likeness (QED) is 0.207. The molecule has 0 unspecified atom stereocenters. The topological polar surface area (TPSA) is 152 Å². The average Bonchev–Trinajstić information content (AvgIpc) is 2.73. The van der Waals surface area contributed by atoms with Crippen LogP contribution >= 0.6 is 11.8 Å². The minimum absolute atomic E-state index is 0. The molecule has 0 aliphatic heterocycles.